The van der Waals surface area contributed by atoms with Crippen molar-refractivity contribution in [2.75, 3.05) is 44.7 Å². The van der Waals surface area contributed by atoms with Crippen molar-refractivity contribution in [3.63, 3.8) is 0 Å². The number of rotatable bonds is 4. The Morgan fingerprint density at radius 3 is 2.33 bits per heavy atom. The van der Waals surface area contributed by atoms with E-state index in [-0.39, 0.29) is 30.1 Å². The highest BCUT2D eigenvalue weighted by molar-refractivity contribution is 6.00. The maximum Gasteiger partial charge on any atom is 0.272 e. The van der Waals surface area contributed by atoms with E-state index in [1.165, 1.54) is 0 Å². The SMILES string of the molecule is COc1ccc(N2C[C@@H](C(=O)N3CCN(C(=O)c4ccccn4)CC3)CC2=O)cc1. The van der Waals surface area contributed by atoms with Crippen LogP contribution in [0.4, 0.5) is 5.69 Å². The highest BCUT2D eigenvalue weighted by Crippen LogP contribution is 2.28. The van der Waals surface area contributed by atoms with Crippen LogP contribution in [0.1, 0.15) is 16.9 Å². The summed E-state index contributed by atoms with van der Waals surface area (Å²) < 4.78 is 5.15. The van der Waals surface area contributed by atoms with Crippen LogP contribution >= 0.6 is 0 Å². The van der Waals surface area contributed by atoms with Crippen molar-refractivity contribution in [3.05, 3.63) is 54.4 Å². The molecule has 4 rings (SSSR count). The molecule has 30 heavy (non-hydrogen) atoms. The van der Waals surface area contributed by atoms with E-state index in [1.807, 2.05) is 12.1 Å². The number of piperazine rings is 1. The molecular formula is C22H24N4O4. The molecule has 8 nitrogen and oxygen atoms in total. The van der Waals surface area contributed by atoms with Crippen LogP contribution in [0, 0.1) is 5.92 Å². The molecule has 0 aliphatic carbocycles. The minimum Gasteiger partial charge on any atom is -0.497 e. The summed E-state index contributed by atoms with van der Waals surface area (Å²) in [5, 5.41) is 0. The molecule has 8 heteroatoms. The van der Waals surface area contributed by atoms with Gasteiger partial charge < -0.3 is 19.4 Å². The first-order chi connectivity index (χ1) is 14.6. The molecule has 3 amide bonds. The lowest BCUT2D eigenvalue weighted by Crippen LogP contribution is -2.52. The molecule has 1 atom stereocenters. The van der Waals surface area contributed by atoms with Crippen molar-refractivity contribution in [1.82, 2.24) is 14.8 Å². The average molecular weight is 408 g/mol. The van der Waals surface area contributed by atoms with Crippen LogP contribution in [-0.4, -0.2) is 72.3 Å². The number of anilines is 1. The second kappa shape index (κ2) is 8.52. The largest absolute Gasteiger partial charge is 0.497 e. The number of hydrogen-bond donors (Lipinski definition) is 0. The topological polar surface area (TPSA) is 83.1 Å². The van der Waals surface area contributed by atoms with Gasteiger partial charge in [0.05, 0.1) is 13.0 Å². The molecule has 2 aromatic rings. The summed E-state index contributed by atoms with van der Waals surface area (Å²) in [6.45, 7) is 2.22. The van der Waals surface area contributed by atoms with E-state index in [2.05, 4.69) is 4.98 Å². The molecule has 156 valence electrons. The number of pyridine rings is 1. The van der Waals surface area contributed by atoms with Gasteiger partial charge in [-0.05, 0) is 36.4 Å². The van der Waals surface area contributed by atoms with Crippen molar-refractivity contribution in [2.45, 2.75) is 6.42 Å². The molecule has 1 aromatic carbocycles. The van der Waals surface area contributed by atoms with Crippen molar-refractivity contribution in [1.29, 1.82) is 0 Å². The second-order valence-electron chi connectivity index (χ2n) is 7.44. The Morgan fingerprint density at radius 2 is 1.70 bits per heavy atom. The molecule has 0 unspecified atom stereocenters. The molecular weight excluding hydrogens is 384 g/mol. The smallest absolute Gasteiger partial charge is 0.272 e. The molecule has 2 aliphatic rings. The van der Waals surface area contributed by atoms with E-state index in [4.69, 9.17) is 4.74 Å². The first-order valence-corrected chi connectivity index (χ1v) is 10.0. The summed E-state index contributed by atoms with van der Waals surface area (Å²) in [6, 6.07) is 12.5. The molecule has 3 heterocycles. The standard InChI is InChI=1S/C22H24N4O4/c1-30-18-7-5-17(6-8-18)26-15-16(14-20(26)27)21(28)24-10-12-25(13-11-24)22(29)19-4-2-3-9-23-19/h2-9,16H,10-15H2,1H3/t16-/m0/s1. The van der Waals surface area contributed by atoms with E-state index in [9.17, 15) is 14.4 Å². The van der Waals surface area contributed by atoms with Crippen molar-refractivity contribution in [3.8, 4) is 5.75 Å². The Morgan fingerprint density at radius 1 is 1.00 bits per heavy atom. The number of methoxy groups -OCH3 is 1. The summed E-state index contributed by atoms with van der Waals surface area (Å²) >= 11 is 0. The van der Waals surface area contributed by atoms with Gasteiger partial charge in [0.25, 0.3) is 5.91 Å². The Kier molecular flexibility index (Phi) is 5.65. The third kappa shape index (κ3) is 3.98. The van der Waals surface area contributed by atoms with Crippen molar-refractivity contribution >= 4 is 23.4 Å². The molecule has 0 N–H and O–H groups in total. The predicted molar refractivity (Wildman–Crippen MR) is 110 cm³/mol. The van der Waals surface area contributed by atoms with Crippen LogP contribution in [0.2, 0.25) is 0 Å². The fraction of sp³-hybridized carbons (Fsp3) is 0.364. The van der Waals surface area contributed by atoms with Crippen LogP contribution in [-0.2, 0) is 9.59 Å². The molecule has 2 saturated heterocycles. The lowest BCUT2D eigenvalue weighted by Gasteiger charge is -2.35. The Balaban J connectivity index is 1.34. The molecule has 2 fully saturated rings. The highest BCUT2D eigenvalue weighted by atomic mass is 16.5. The van der Waals surface area contributed by atoms with Gasteiger partial charge in [-0.3, -0.25) is 19.4 Å². The van der Waals surface area contributed by atoms with Gasteiger partial charge in [-0.2, -0.15) is 0 Å². The number of nitrogens with zero attached hydrogens (tertiary/aromatic N) is 4. The number of carbonyl (C=O) groups excluding carboxylic acids is 3. The monoisotopic (exact) mass is 408 g/mol. The third-order valence-electron chi connectivity index (χ3n) is 5.62. The fourth-order valence-corrected chi connectivity index (χ4v) is 3.92. The molecule has 0 radical (unpaired) electrons. The van der Waals surface area contributed by atoms with E-state index in [1.54, 1.807) is 58.3 Å². The first-order valence-electron chi connectivity index (χ1n) is 10.0. The van der Waals surface area contributed by atoms with Gasteiger partial charge >= 0.3 is 0 Å². The molecule has 0 spiro atoms. The lowest BCUT2D eigenvalue weighted by molar-refractivity contribution is -0.137. The number of benzene rings is 1. The summed E-state index contributed by atoms with van der Waals surface area (Å²) in [4.78, 5) is 47.2. The molecule has 1 aromatic heterocycles. The van der Waals surface area contributed by atoms with Crippen LogP contribution in [0.25, 0.3) is 0 Å². The maximum atomic E-state index is 13.0. The van der Waals surface area contributed by atoms with E-state index in [0.29, 0.717) is 38.4 Å². The van der Waals surface area contributed by atoms with Gasteiger partial charge in [-0.25, -0.2) is 0 Å². The number of hydrogen-bond acceptors (Lipinski definition) is 5. The second-order valence-corrected chi connectivity index (χ2v) is 7.44. The third-order valence-corrected chi connectivity index (χ3v) is 5.62. The van der Waals surface area contributed by atoms with Crippen LogP contribution in [0.3, 0.4) is 0 Å². The summed E-state index contributed by atoms with van der Waals surface area (Å²) in [6.07, 6.45) is 1.80. The average Bonchev–Trinajstić information content (AvgIpc) is 3.20. The molecule has 2 aliphatic heterocycles. The highest BCUT2D eigenvalue weighted by Gasteiger charge is 2.38. The van der Waals surface area contributed by atoms with Gasteiger partial charge in [0, 0.05) is 51.0 Å². The number of carbonyl (C=O) groups is 3. The number of amides is 3. The van der Waals surface area contributed by atoms with Gasteiger partial charge in [-0.15, -0.1) is 0 Å². The Hall–Kier alpha value is -3.42. The van der Waals surface area contributed by atoms with E-state index >= 15 is 0 Å². The normalized spacial score (nSPS) is 19.2. The first kappa shape index (κ1) is 19.9. The molecule has 0 saturated carbocycles. The van der Waals surface area contributed by atoms with E-state index in [0.717, 1.165) is 11.4 Å². The van der Waals surface area contributed by atoms with Crippen molar-refractivity contribution < 1.29 is 19.1 Å². The zero-order chi connectivity index (χ0) is 21.1. The van der Waals surface area contributed by atoms with E-state index < -0.39 is 0 Å². The fourth-order valence-electron chi connectivity index (χ4n) is 3.92. The van der Waals surface area contributed by atoms with Gasteiger partial charge in [0.1, 0.15) is 11.4 Å². The number of ether oxygens (including phenoxy) is 1. The van der Waals surface area contributed by atoms with Gasteiger partial charge in [0.2, 0.25) is 11.8 Å². The zero-order valence-electron chi connectivity index (χ0n) is 16.9. The number of aromatic nitrogens is 1. The Labute approximate surface area is 175 Å². The van der Waals surface area contributed by atoms with Gasteiger partial charge in [-0.1, -0.05) is 6.07 Å². The van der Waals surface area contributed by atoms with Crippen LogP contribution < -0.4 is 9.64 Å². The summed E-state index contributed by atoms with van der Waals surface area (Å²) in [5.41, 5.74) is 1.18. The van der Waals surface area contributed by atoms with Gasteiger partial charge in [0.15, 0.2) is 0 Å². The minimum absolute atomic E-state index is 0.0238. The summed E-state index contributed by atoms with van der Waals surface area (Å²) in [7, 11) is 1.59. The van der Waals surface area contributed by atoms with Crippen LogP contribution in [0.15, 0.2) is 48.7 Å². The Bertz CT molecular complexity index is 924. The molecule has 0 bridgehead atoms. The zero-order valence-corrected chi connectivity index (χ0v) is 16.9. The maximum absolute atomic E-state index is 13.0. The predicted octanol–water partition coefficient (Wildman–Crippen LogP) is 1.43. The summed E-state index contributed by atoms with van der Waals surface area (Å²) in [5.74, 6) is 0.157. The minimum atomic E-state index is -0.363. The van der Waals surface area contributed by atoms with Crippen LogP contribution in [0.5, 0.6) is 5.75 Å². The quantitative estimate of drug-likeness (QED) is 0.764. The lowest BCUT2D eigenvalue weighted by atomic mass is 10.1. The van der Waals surface area contributed by atoms with Crippen molar-refractivity contribution in [2.24, 2.45) is 5.92 Å².